The van der Waals surface area contributed by atoms with Crippen LogP contribution in [0.2, 0.25) is 0 Å². The lowest BCUT2D eigenvalue weighted by atomic mass is 9.98. The minimum atomic E-state index is -0.370. The number of halogens is 1. The maximum absolute atomic E-state index is 13.7. The van der Waals surface area contributed by atoms with Gasteiger partial charge in [0.15, 0.2) is 0 Å². The molecule has 1 amide bonds. The Balaban J connectivity index is 1.61. The van der Waals surface area contributed by atoms with Crippen molar-refractivity contribution in [3.8, 4) is 5.75 Å². The molecule has 0 unspecified atom stereocenters. The number of anilines is 2. The zero-order valence-electron chi connectivity index (χ0n) is 22.2. The van der Waals surface area contributed by atoms with E-state index in [9.17, 15) is 9.18 Å². The molecule has 0 spiro atoms. The molecular formula is C31H36FN3O2. The Labute approximate surface area is 219 Å². The van der Waals surface area contributed by atoms with Crippen LogP contribution in [-0.4, -0.2) is 56.7 Å². The molecule has 1 heterocycles. The molecule has 0 radical (unpaired) electrons. The quantitative estimate of drug-likeness (QED) is 0.366. The third-order valence-corrected chi connectivity index (χ3v) is 7.14. The lowest BCUT2D eigenvalue weighted by Gasteiger charge is -2.46. The van der Waals surface area contributed by atoms with E-state index in [2.05, 4.69) is 36.3 Å². The topological polar surface area (TPSA) is 36.0 Å². The lowest BCUT2D eigenvalue weighted by molar-refractivity contribution is 0.0993. The highest BCUT2D eigenvalue weighted by molar-refractivity contribution is 6.05. The smallest absolute Gasteiger partial charge is 0.258 e. The largest absolute Gasteiger partial charge is 0.495 e. The van der Waals surface area contributed by atoms with Crippen molar-refractivity contribution in [1.29, 1.82) is 0 Å². The number of rotatable bonds is 8. The molecule has 0 N–H and O–H groups in total. The van der Waals surface area contributed by atoms with Gasteiger partial charge in [-0.2, -0.15) is 0 Å². The number of nitrogens with zero attached hydrogens (tertiary/aromatic N) is 3. The van der Waals surface area contributed by atoms with Crippen molar-refractivity contribution >= 4 is 17.3 Å². The average molecular weight is 502 g/mol. The van der Waals surface area contributed by atoms with Crippen molar-refractivity contribution in [2.24, 2.45) is 0 Å². The highest BCUT2D eigenvalue weighted by Gasteiger charge is 2.31. The average Bonchev–Trinajstić information content (AvgIpc) is 2.90. The minimum absolute atomic E-state index is 0.181. The monoisotopic (exact) mass is 501 g/mol. The molecule has 3 aromatic carbocycles. The van der Waals surface area contributed by atoms with E-state index in [4.69, 9.17) is 4.74 Å². The van der Waals surface area contributed by atoms with Gasteiger partial charge in [0.2, 0.25) is 0 Å². The van der Waals surface area contributed by atoms with Gasteiger partial charge in [0.1, 0.15) is 11.6 Å². The Hall–Kier alpha value is -3.64. The van der Waals surface area contributed by atoms with Crippen LogP contribution < -0.4 is 14.5 Å². The third-order valence-electron chi connectivity index (χ3n) is 7.14. The first-order valence-electron chi connectivity index (χ1n) is 12.7. The second-order valence-electron chi connectivity index (χ2n) is 9.78. The second-order valence-corrected chi connectivity index (χ2v) is 9.78. The summed E-state index contributed by atoms with van der Waals surface area (Å²) in [5, 5.41) is 0. The van der Waals surface area contributed by atoms with Crippen molar-refractivity contribution in [2.75, 3.05) is 43.6 Å². The molecule has 5 nitrogen and oxygen atoms in total. The minimum Gasteiger partial charge on any atom is -0.495 e. The van der Waals surface area contributed by atoms with E-state index < -0.39 is 0 Å². The Morgan fingerprint density at radius 1 is 1.08 bits per heavy atom. The highest BCUT2D eigenvalue weighted by Crippen LogP contribution is 2.37. The molecule has 2 atom stereocenters. The van der Waals surface area contributed by atoms with Crippen LogP contribution in [0.4, 0.5) is 15.8 Å². The summed E-state index contributed by atoms with van der Waals surface area (Å²) in [6.45, 7) is 11.1. The Bertz CT molecular complexity index is 1260. The van der Waals surface area contributed by atoms with Gasteiger partial charge in [0, 0.05) is 50.0 Å². The van der Waals surface area contributed by atoms with E-state index in [0.29, 0.717) is 29.8 Å². The van der Waals surface area contributed by atoms with Crippen molar-refractivity contribution < 1.29 is 13.9 Å². The Morgan fingerprint density at radius 3 is 2.57 bits per heavy atom. The van der Waals surface area contributed by atoms with Crippen molar-refractivity contribution in [2.45, 2.75) is 32.4 Å². The molecule has 0 bridgehead atoms. The van der Waals surface area contributed by atoms with Gasteiger partial charge >= 0.3 is 0 Å². The summed E-state index contributed by atoms with van der Waals surface area (Å²) in [5.41, 5.74) is 4.37. The van der Waals surface area contributed by atoms with Crippen LogP contribution in [0.5, 0.6) is 5.75 Å². The molecule has 6 heteroatoms. The van der Waals surface area contributed by atoms with Crippen molar-refractivity contribution in [3.05, 3.63) is 102 Å². The number of methoxy groups -OCH3 is 1. The van der Waals surface area contributed by atoms with Crippen LogP contribution in [0.3, 0.4) is 0 Å². The summed E-state index contributed by atoms with van der Waals surface area (Å²) in [6, 6.07) is 20.6. The molecule has 3 aromatic rings. The normalized spacial score (nSPS) is 17.9. The van der Waals surface area contributed by atoms with Gasteiger partial charge in [-0.05, 0) is 67.8 Å². The maximum Gasteiger partial charge on any atom is 0.258 e. The summed E-state index contributed by atoms with van der Waals surface area (Å²) in [5.74, 6) is 0.302. The summed E-state index contributed by atoms with van der Waals surface area (Å²) in [4.78, 5) is 19.6. The van der Waals surface area contributed by atoms with Gasteiger partial charge in [-0.3, -0.25) is 9.69 Å². The first-order chi connectivity index (χ1) is 17.8. The summed E-state index contributed by atoms with van der Waals surface area (Å²) >= 11 is 0. The molecule has 4 rings (SSSR count). The number of amides is 1. The molecule has 0 saturated carbocycles. The SMILES string of the molecule is C=CCN1C[C@H](C)N(c2c(Cc3cccc(C(=O)N(C)c4cccc(F)c4)c3)cccc2OC)C[C@H]1C. The van der Waals surface area contributed by atoms with E-state index in [1.54, 1.807) is 32.4 Å². The fourth-order valence-corrected chi connectivity index (χ4v) is 5.16. The number of carbonyl (C=O) groups is 1. The van der Waals surface area contributed by atoms with Crippen molar-refractivity contribution in [1.82, 2.24) is 4.90 Å². The number of carbonyl (C=O) groups excluding carboxylic acids is 1. The van der Waals surface area contributed by atoms with Gasteiger partial charge in [-0.15, -0.1) is 6.58 Å². The molecular weight excluding hydrogens is 465 g/mol. The molecule has 1 aliphatic rings. The van der Waals surface area contributed by atoms with E-state index in [1.165, 1.54) is 17.0 Å². The van der Waals surface area contributed by atoms with E-state index >= 15 is 0 Å². The van der Waals surface area contributed by atoms with E-state index in [1.807, 2.05) is 36.4 Å². The fourth-order valence-electron chi connectivity index (χ4n) is 5.16. The van der Waals surface area contributed by atoms with Gasteiger partial charge in [0.05, 0.1) is 12.8 Å². The Morgan fingerprint density at radius 2 is 1.84 bits per heavy atom. The zero-order valence-corrected chi connectivity index (χ0v) is 22.2. The first kappa shape index (κ1) is 26.4. The lowest BCUT2D eigenvalue weighted by Crippen LogP contribution is -2.56. The van der Waals surface area contributed by atoms with E-state index in [-0.39, 0.29) is 11.7 Å². The van der Waals surface area contributed by atoms with Gasteiger partial charge in [0.25, 0.3) is 5.91 Å². The summed E-state index contributed by atoms with van der Waals surface area (Å²) < 4.78 is 19.5. The van der Waals surface area contributed by atoms with Crippen LogP contribution in [-0.2, 0) is 6.42 Å². The number of benzene rings is 3. The molecule has 0 aromatic heterocycles. The Kier molecular flexibility index (Phi) is 8.29. The predicted octanol–water partition coefficient (Wildman–Crippen LogP) is 5.79. The number of hydrogen-bond acceptors (Lipinski definition) is 4. The third kappa shape index (κ3) is 5.86. The molecule has 1 aliphatic heterocycles. The predicted molar refractivity (Wildman–Crippen MR) is 149 cm³/mol. The summed E-state index contributed by atoms with van der Waals surface area (Å²) in [6.07, 6.45) is 2.62. The molecule has 1 fully saturated rings. The van der Waals surface area contributed by atoms with E-state index in [0.717, 1.165) is 42.2 Å². The van der Waals surface area contributed by atoms with Gasteiger partial charge in [-0.1, -0.05) is 36.4 Å². The van der Waals surface area contributed by atoms with Crippen molar-refractivity contribution in [3.63, 3.8) is 0 Å². The maximum atomic E-state index is 13.7. The number of piperazine rings is 1. The zero-order chi connectivity index (χ0) is 26.5. The van der Waals surface area contributed by atoms with Crippen LogP contribution in [0, 0.1) is 5.82 Å². The van der Waals surface area contributed by atoms with Gasteiger partial charge < -0.3 is 14.5 Å². The standard InChI is InChI=1S/C31H36FN3O2/c1-6-16-34-20-23(3)35(21-22(34)2)30-25(11-8-15-29(30)37-5)17-24-10-7-12-26(18-24)31(36)33(4)28-14-9-13-27(32)19-28/h6-15,18-19,22-23H,1,16-17,20-21H2,2-5H3/t22-,23+/m1/s1. The molecule has 1 saturated heterocycles. The molecule has 194 valence electrons. The highest BCUT2D eigenvalue weighted by atomic mass is 19.1. The fraction of sp³-hybridized carbons (Fsp3) is 0.323. The summed E-state index contributed by atoms with van der Waals surface area (Å²) in [7, 11) is 3.38. The second kappa shape index (κ2) is 11.6. The molecule has 0 aliphatic carbocycles. The number of para-hydroxylation sites is 1. The van der Waals surface area contributed by atoms with Crippen LogP contribution in [0.25, 0.3) is 0 Å². The molecule has 37 heavy (non-hydrogen) atoms. The number of ether oxygens (including phenoxy) is 1. The van der Waals surface area contributed by atoms with Crippen LogP contribution >= 0.6 is 0 Å². The van der Waals surface area contributed by atoms with Crippen LogP contribution in [0.1, 0.15) is 35.3 Å². The van der Waals surface area contributed by atoms with Gasteiger partial charge in [-0.25, -0.2) is 4.39 Å². The van der Waals surface area contributed by atoms with Crippen LogP contribution in [0.15, 0.2) is 79.4 Å². The first-order valence-corrected chi connectivity index (χ1v) is 12.7. The number of hydrogen-bond donors (Lipinski definition) is 0.